The summed E-state index contributed by atoms with van der Waals surface area (Å²) >= 11 is 5.99. The molecule has 1 amide bonds. The first-order chi connectivity index (χ1) is 12.7. The van der Waals surface area contributed by atoms with E-state index in [9.17, 15) is 4.79 Å². The first kappa shape index (κ1) is 18.8. The molecule has 1 aromatic heterocycles. The first-order valence-electron chi connectivity index (χ1n) is 9.12. The third kappa shape index (κ3) is 5.02. The molecule has 140 valence electrons. The average molecular weight is 377 g/mol. The number of tetrazole rings is 1. The molecule has 2 heterocycles. The van der Waals surface area contributed by atoms with Crippen molar-refractivity contribution in [3.63, 3.8) is 0 Å². The van der Waals surface area contributed by atoms with E-state index in [1.807, 2.05) is 24.3 Å². The fourth-order valence-electron chi connectivity index (χ4n) is 3.58. The Balaban J connectivity index is 1.61. The lowest BCUT2D eigenvalue weighted by molar-refractivity contribution is -0.121. The van der Waals surface area contributed by atoms with E-state index in [4.69, 9.17) is 11.6 Å². The number of hydrogen-bond acceptors (Lipinski definition) is 5. The Morgan fingerprint density at radius 3 is 2.88 bits per heavy atom. The van der Waals surface area contributed by atoms with Crippen LogP contribution in [0.2, 0.25) is 5.02 Å². The molecule has 1 N–H and O–H groups in total. The summed E-state index contributed by atoms with van der Waals surface area (Å²) in [5.41, 5.74) is 1.05. The van der Waals surface area contributed by atoms with E-state index >= 15 is 0 Å². The second kappa shape index (κ2) is 9.09. The van der Waals surface area contributed by atoms with Crippen molar-refractivity contribution in [3.8, 4) is 0 Å². The lowest BCUT2D eigenvalue weighted by atomic mass is 9.95. The number of halogens is 1. The number of likely N-dealkylation sites (tertiary alicyclic amines) is 1. The normalized spacial score (nSPS) is 18.8. The summed E-state index contributed by atoms with van der Waals surface area (Å²) < 4.78 is 1.66. The van der Waals surface area contributed by atoms with Gasteiger partial charge in [0.15, 0.2) is 0 Å². The van der Waals surface area contributed by atoms with Crippen molar-refractivity contribution >= 4 is 17.5 Å². The molecule has 0 aliphatic carbocycles. The van der Waals surface area contributed by atoms with Crippen LogP contribution >= 0.6 is 11.6 Å². The van der Waals surface area contributed by atoms with Gasteiger partial charge < -0.3 is 5.32 Å². The highest BCUT2D eigenvalue weighted by Crippen LogP contribution is 2.23. The smallest absolute Gasteiger partial charge is 0.220 e. The van der Waals surface area contributed by atoms with Gasteiger partial charge in [-0.3, -0.25) is 9.69 Å². The third-order valence-corrected chi connectivity index (χ3v) is 5.26. The summed E-state index contributed by atoms with van der Waals surface area (Å²) in [6.07, 6.45) is 4.32. The van der Waals surface area contributed by atoms with Crippen molar-refractivity contribution < 1.29 is 4.79 Å². The highest BCUT2D eigenvalue weighted by molar-refractivity contribution is 6.30. The third-order valence-electron chi connectivity index (χ3n) is 5.01. The highest BCUT2D eigenvalue weighted by Gasteiger charge is 2.24. The fraction of sp³-hybridized carbons (Fsp3) is 0.556. The van der Waals surface area contributed by atoms with Crippen molar-refractivity contribution in [2.45, 2.75) is 44.7 Å². The molecular formula is C18H25ClN6O. The van der Waals surface area contributed by atoms with Crippen LogP contribution in [0.25, 0.3) is 0 Å². The van der Waals surface area contributed by atoms with Crippen molar-refractivity contribution in [1.29, 1.82) is 0 Å². The molecule has 1 fully saturated rings. The molecule has 1 aliphatic rings. The maximum atomic E-state index is 12.6. The number of aromatic nitrogens is 4. The number of benzene rings is 1. The Labute approximate surface area is 158 Å². The average Bonchev–Trinajstić information content (AvgIpc) is 3.31. The quantitative estimate of drug-likeness (QED) is 0.763. The van der Waals surface area contributed by atoms with Gasteiger partial charge in [0, 0.05) is 29.9 Å². The van der Waals surface area contributed by atoms with Crippen molar-refractivity contribution in [3.05, 3.63) is 41.2 Å². The molecule has 1 aromatic carbocycles. The lowest BCUT2D eigenvalue weighted by Crippen LogP contribution is -2.40. The molecule has 0 spiro atoms. The molecule has 3 rings (SSSR count). The zero-order valence-electron chi connectivity index (χ0n) is 15.0. The number of carbonyl (C=O) groups excluding carboxylic acids is 1. The number of likely N-dealkylation sites (N-methyl/N-ethyl adjacent to an activating group) is 1. The van der Waals surface area contributed by atoms with Crippen LogP contribution in [0.4, 0.5) is 0 Å². The lowest BCUT2D eigenvalue weighted by Gasteiger charge is -2.23. The predicted molar refractivity (Wildman–Crippen MR) is 99.9 cm³/mol. The molecule has 8 heteroatoms. The first-order valence-corrected chi connectivity index (χ1v) is 9.50. The summed E-state index contributed by atoms with van der Waals surface area (Å²) in [7, 11) is 0. The van der Waals surface area contributed by atoms with Crippen LogP contribution in [0.1, 0.15) is 37.7 Å². The Morgan fingerprint density at radius 1 is 1.38 bits per heavy atom. The minimum absolute atomic E-state index is 0.0124. The zero-order valence-corrected chi connectivity index (χ0v) is 15.8. The number of nitrogens with one attached hydrogen (secondary N) is 1. The van der Waals surface area contributed by atoms with Crippen LogP contribution in [0.5, 0.6) is 0 Å². The van der Waals surface area contributed by atoms with E-state index in [1.165, 1.54) is 6.42 Å². The second-order valence-corrected chi connectivity index (χ2v) is 7.15. The Bertz CT molecular complexity index is 690. The predicted octanol–water partition coefficient (Wildman–Crippen LogP) is 2.10. The van der Waals surface area contributed by atoms with Crippen LogP contribution in [0.15, 0.2) is 30.6 Å². The number of carbonyl (C=O) groups is 1. The minimum Gasteiger partial charge on any atom is -0.355 e. The van der Waals surface area contributed by atoms with Gasteiger partial charge in [-0.25, -0.2) is 4.68 Å². The van der Waals surface area contributed by atoms with Gasteiger partial charge in [0.2, 0.25) is 5.91 Å². The number of nitrogens with zero attached hydrogens (tertiary/aromatic N) is 5. The maximum absolute atomic E-state index is 12.6. The zero-order chi connectivity index (χ0) is 18.4. The molecule has 7 nitrogen and oxygen atoms in total. The van der Waals surface area contributed by atoms with Gasteiger partial charge in [-0.1, -0.05) is 30.7 Å². The standard InChI is InChI=1S/C18H25ClN6O/c1-2-24-9-3-4-17(24)11-20-18(26)10-15(12-25-13-21-22-23-25)14-5-7-16(19)8-6-14/h5-8,13,15,17H,2-4,9-12H2,1H3,(H,20,26)/t15-,17-/m0/s1. The van der Waals surface area contributed by atoms with E-state index in [1.54, 1.807) is 11.0 Å². The molecule has 1 saturated heterocycles. The van der Waals surface area contributed by atoms with Crippen LogP contribution in [0, 0.1) is 0 Å². The van der Waals surface area contributed by atoms with Gasteiger partial charge in [0.25, 0.3) is 0 Å². The Hall–Kier alpha value is -1.99. The van der Waals surface area contributed by atoms with E-state index in [2.05, 4.69) is 32.7 Å². The van der Waals surface area contributed by atoms with Gasteiger partial charge >= 0.3 is 0 Å². The van der Waals surface area contributed by atoms with Crippen molar-refractivity contribution in [2.24, 2.45) is 0 Å². The van der Waals surface area contributed by atoms with Crippen LogP contribution in [-0.4, -0.2) is 56.7 Å². The highest BCUT2D eigenvalue weighted by atomic mass is 35.5. The largest absolute Gasteiger partial charge is 0.355 e. The van der Waals surface area contributed by atoms with Crippen LogP contribution < -0.4 is 5.32 Å². The monoisotopic (exact) mass is 376 g/mol. The molecule has 2 aromatic rings. The number of rotatable bonds is 8. The van der Waals surface area contributed by atoms with Gasteiger partial charge in [-0.15, -0.1) is 5.10 Å². The molecule has 1 aliphatic heterocycles. The number of amides is 1. The van der Waals surface area contributed by atoms with Gasteiger partial charge in [0.05, 0.1) is 6.54 Å². The molecule has 0 bridgehead atoms. The summed E-state index contributed by atoms with van der Waals surface area (Å²) in [6, 6.07) is 8.07. The van der Waals surface area contributed by atoms with Crippen molar-refractivity contribution in [1.82, 2.24) is 30.4 Å². The second-order valence-electron chi connectivity index (χ2n) is 6.71. The summed E-state index contributed by atoms with van der Waals surface area (Å²) in [5.74, 6) is 0.0441. The minimum atomic E-state index is -0.0124. The van der Waals surface area contributed by atoms with Gasteiger partial charge in [-0.2, -0.15) is 0 Å². The molecule has 0 radical (unpaired) electrons. The van der Waals surface area contributed by atoms with E-state index < -0.39 is 0 Å². The summed E-state index contributed by atoms with van der Waals surface area (Å²) in [4.78, 5) is 15.0. The van der Waals surface area contributed by atoms with Crippen LogP contribution in [-0.2, 0) is 11.3 Å². The summed E-state index contributed by atoms with van der Waals surface area (Å²) in [5, 5.41) is 15.1. The molecule has 0 saturated carbocycles. The SMILES string of the molecule is CCN1CCC[C@H]1CNC(=O)C[C@@H](Cn1cnnn1)c1ccc(Cl)cc1. The molecule has 2 atom stereocenters. The fourth-order valence-corrected chi connectivity index (χ4v) is 3.71. The van der Waals surface area contributed by atoms with Gasteiger partial charge in [0.1, 0.15) is 6.33 Å². The van der Waals surface area contributed by atoms with E-state index in [-0.39, 0.29) is 11.8 Å². The maximum Gasteiger partial charge on any atom is 0.220 e. The molecular weight excluding hydrogens is 352 g/mol. The topological polar surface area (TPSA) is 75.9 Å². The number of hydrogen-bond donors (Lipinski definition) is 1. The van der Waals surface area contributed by atoms with Crippen LogP contribution in [0.3, 0.4) is 0 Å². The Morgan fingerprint density at radius 2 is 2.19 bits per heavy atom. The van der Waals surface area contributed by atoms with Gasteiger partial charge in [-0.05, 0) is 54.1 Å². The Kier molecular flexibility index (Phi) is 6.57. The van der Waals surface area contributed by atoms with E-state index in [0.717, 1.165) is 25.1 Å². The molecule has 0 unspecified atom stereocenters. The molecule has 26 heavy (non-hydrogen) atoms. The van der Waals surface area contributed by atoms with E-state index in [0.29, 0.717) is 30.6 Å². The summed E-state index contributed by atoms with van der Waals surface area (Å²) in [6.45, 7) is 5.59. The van der Waals surface area contributed by atoms with Crippen molar-refractivity contribution in [2.75, 3.05) is 19.6 Å².